The van der Waals surface area contributed by atoms with E-state index in [4.69, 9.17) is 0 Å². The maximum atomic E-state index is 12.4. The molecule has 2 amide bonds. The maximum absolute atomic E-state index is 12.4. The van der Waals surface area contributed by atoms with Gasteiger partial charge in [-0.05, 0) is 51.4 Å². The zero-order chi connectivity index (χ0) is 16.4. The molecule has 6 heteroatoms. The van der Waals surface area contributed by atoms with E-state index in [1.807, 2.05) is 24.0 Å². The molecule has 1 saturated heterocycles. The number of urea groups is 1. The Balaban J connectivity index is 1.66. The van der Waals surface area contributed by atoms with E-state index in [9.17, 15) is 4.79 Å². The molecule has 0 aliphatic carbocycles. The van der Waals surface area contributed by atoms with Crippen LogP contribution in [-0.2, 0) is 0 Å². The maximum Gasteiger partial charge on any atom is 0.323 e. The summed E-state index contributed by atoms with van der Waals surface area (Å²) in [6.07, 6.45) is 5.57. The highest BCUT2D eigenvalue weighted by Crippen LogP contribution is 2.18. The summed E-state index contributed by atoms with van der Waals surface area (Å²) < 4.78 is 0. The molecule has 2 aromatic heterocycles. The van der Waals surface area contributed by atoms with Gasteiger partial charge in [-0.3, -0.25) is 10.3 Å². The fourth-order valence-corrected chi connectivity index (χ4v) is 2.99. The number of fused-ring (bicyclic) bond motifs is 1. The second-order valence-corrected chi connectivity index (χ2v) is 6.35. The number of aryl methyl sites for hydroxylation is 1. The van der Waals surface area contributed by atoms with Crippen molar-refractivity contribution in [1.29, 1.82) is 0 Å². The van der Waals surface area contributed by atoms with Gasteiger partial charge in [0.1, 0.15) is 5.82 Å². The van der Waals surface area contributed by atoms with Crippen molar-refractivity contribution in [2.45, 2.75) is 25.8 Å². The number of hydrogen-bond acceptors (Lipinski definition) is 4. The normalized spacial score (nSPS) is 16.1. The second kappa shape index (κ2) is 6.50. The standard InChI is InChI=1S/C17H23N5O/c1-12-8-13-9-16(19-11-14(13)10-18-12)20-17(23)22-6-4-15(5-7-22)21(2)3/h8-11,15H,4-7H2,1-3H3,(H,19,20,23). The number of pyridine rings is 2. The van der Waals surface area contributed by atoms with Crippen molar-refractivity contribution in [3.05, 3.63) is 30.2 Å². The Hall–Kier alpha value is -2.21. The van der Waals surface area contributed by atoms with E-state index in [0.717, 1.165) is 42.4 Å². The van der Waals surface area contributed by atoms with E-state index in [1.54, 1.807) is 12.4 Å². The topological polar surface area (TPSA) is 61.4 Å². The SMILES string of the molecule is Cc1cc2cc(NC(=O)N3CCC(N(C)C)CC3)ncc2cn1. The highest BCUT2D eigenvalue weighted by molar-refractivity contribution is 5.91. The molecule has 0 unspecified atom stereocenters. The molecule has 1 fully saturated rings. The molecule has 3 rings (SSSR count). The van der Waals surface area contributed by atoms with Crippen LogP contribution in [0, 0.1) is 6.92 Å². The molecule has 0 saturated carbocycles. The van der Waals surface area contributed by atoms with Gasteiger partial charge in [-0.25, -0.2) is 9.78 Å². The molecule has 1 N–H and O–H groups in total. The number of nitrogens with zero attached hydrogens (tertiary/aromatic N) is 4. The van der Waals surface area contributed by atoms with Crippen molar-refractivity contribution in [3.8, 4) is 0 Å². The zero-order valence-corrected chi connectivity index (χ0v) is 13.9. The highest BCUT2D eigenvalue weighted by Gasteiger charge is 2.24. The third kappa shape index (κ3) is 3.59. The third-order valence-corrected chi connectivity index (χ3v) is 4.46. The van der Waals surface area contributed by atoms with Crippen LogP contribution in [0.1, 0.15) is 18.5 Å². The van der Waals surface area contributed by atoms with Gasteiger partial charge in [0.25, 0.3) is 0 Å². The van der Waals surface area contributed by atoms with E-state index >= 15 is 0 Å². The Bertz CT molecular complexity index is 707. The van der Waals surface area contributed by atoms with Crippen LogP contribution in [-0.4, -0.2) is 59.0 Å². The Morgan fingerprint density at radius 1 is 1.17 bits per heavy atom. The molecule has 0 atom stereocenters. The predicted octanol–water partition coefficient (Wildman–Crippen LogP) is 2.50. The Morgan fingerprint density at radius 2 is 1.87 bits per heavy atom. The van der Waals surface area contributed by atoms with Crippen LogP contribution in [0.5, 0.6) is 0 Å². The molecule has 1 aliphatic heterocycles. The molecule has 1 aliphatic rings. The molecular weight excluding hydrogens is 290 g/mol. The van der Waals surface area contributed by atoms with Gasteiger partial charge in [-0.2, -0.15) is 0 Å². The molecule has 0 radical (unpaired) electrons. The molecular formula is C17H23N5O. The first-order valence-electron chi connectivity index (χ1n) is 7.97. The number of hydrogen-bond donors (Lipinski definition) is 1. The van der Waals surface area contributed by atoms with Crippen LogP contribution in [0.15, 0.2) is 24.5 Å². The number of amides is 2. The van der Waals surface area contributed by atoms with Crippen LogP contribution in [0.4, 0.5) is 10.6 Å². The Kier molecular flexibility index (Phi) is 4.43. The van der Waals surface area contributed by atoms with Crippen molar-refractivity contribution < 1.29 is 4.79 Å². The van der Waals surface area contributed by atoms with Gasteiger partial charge < -0.3 is 9.80 Å². The molecule has 0 aromatic carbocycles. The number of rotatable bonds is 2. The van der Waals surface area contributed by atoms with Gasteiger partial charge in [0, 0.05) is 42.6 Å². The van der Waals surface area contributed by atoms with Gasteiger partial charge in [0.2, 0.25) is 0 Å². The largest absolute Gasteiger partial charge is 0.324 e. The summed E-state index contributed by atoms with van der Waals surface area (Å²) in [4.78, 5) is 25.1. The minimum absolute atomic E-state index is 0.0696. The molecule has 2 aromatic rings. The molecule has 0 bridgehead atoms. The van der Waals surface area contributed by atoms with Crippen LogP contribution < -0.4 is 5.32 Å². The van der Waals surface area contributed by atoms with Crippen LogP contribution >= 0.6 is 0 Å². The molecule has 3 heterocycles. The minimum Gasteiger partial charge on any atom is -0.324 e. The molecule has 6 nitrogen and oxygen atoms in total. The van der Waals surface area contributed by atoms with Crippen LogP contribution in [0.25, 0.3) is 10.8 Å². The lowest BCUT2D eigenvalue weighted by Gasteiger charge is -2.35. The van der Waals surface area contributed by atoms with Gasteiger partial charge in [0.05, 0.1) is 0 Å². The first kappa shape index (κ1) is 15.7. The van der Waals surface area contributed by atoms with E-state index in [0.29, 0.717) is 11.9 Å². The average molecular weight is 313 g/mol. The zero-order valence-electron chi connectivity index (χ0n) is 13.9. The van der Waals surface area contributed by atoms with Crippen molar-refractivity contribution in [2.24, 2.45) is 0 Å². The number of nitrogens with one attached hydrogen (secondary N) is 1. The fraction of sp³-hybridized carbons (Fsp3) is 0.471. The Labute approximate surface area is 136 Å². The lowest BCUT2D eigenvalue weighted by molar-refractivity contribution is 0.156. The summed E-state index contributed by atoms with van der Waals surface area (Å²) in [6, 6.07) is 4.39. The van der Waals surface area contributed by atoms with E-state index in [2.05, 4.69) is 34.3 Å². The van der Waals surface area contributed by atoms with E-state index < -0.39 is 0 Å². The first-order valence-corrected chi connectivity index (χ1v) is 7.97. The van der Waals surface area contributed by atoms with Crippen molar-refractivity contribution >= 4 is 22.6 Å². The van der Waals surface area contributed by atoms with Gasteiger partial charge in [0.15, 0.2) is 0 Å². The molecule has 23 heavy (non-hydrogen) atoms. The average Bonchev–Trinajstić information content (AvgIpc) is 2.54. The van der Waals surface area contributed by atoms with Crippen LogP contribution in [0.2, 0.25) is 0 Å². The van der Waals surface area contributed by atoms with E-state index in [1.165, 1.54) is 0 Å². The minimum atomic E-state index is -0.0696. The van der Waals surface area contributed by atoms with Crippen molar-refractivity contribution in [3.63, 3.8) is 0 Å². The smallest absolute Gasteiger partial charge is 0.323 e. The number of likely N-dealkylation sites (tertiary alicyclic amines) is 1. The third-order valence-electron chi connectivity index (χ3n) is 4.46. The lowest BCUT2D eigenvalue weighted by atomic mass is 10.0. The van der Waals surface area contributed by atoms with Gasteiger partial charge >= 0.3 is 6.03 Å². The van der Waals surface area contributed by atoms with Gasteiger partial charge in [-0.15, -0.1) is 0 Å². The summed E-state index contributed by atoms with van der Waals surface area (Å²) in [5, 5.41) is 4.92. The van der Waals surface area contributed by atoms with Crippen molar-refractivity contribution in [1.82, 2.24) is 19.8 Å². The summed E-state index contributed by atoms with van der Waals surface area (Å²) in [5.74, 6) is 0.586. The predicted molar refractivity (Wildman–Crippen MR) is 91.6 cm³/mol. The lowest BCUT2D eigenvalue weighted by Crippen LogP contribution is -2.46. The molecule has 0 spiro atoms. The summed E-state index contributed by atoms with van der Waals surface area (Å²) >= 11 is 0. The molecule has 122 valence electrons. The monoisotopic (exact) mass is 313 g/mol. The number of carbonyl (C=O) groups is 1. The first-order chi connectivity index (χ1) is 11.0. The highest BCUT2D eigenvalue weighted by atomic mass is 16.2. The van der Waals surface area contributed by atoms with Gasteiger partial charge in [-0.1, -0.05) is 0 Å². The number of piperidine rings is 1. The number of carbonyl (C=O) groups excluding carboxylic acids is 1. The van der Waals surface area contributed by atoms with E-state index in [-0.39, 0.29) is 6.03 Å². The Morgan fingerprint density at radius 3 is 2.57 bits per heavy atom. The summed E-state index contributed by atoms with van der Waals surface area (Å²) in [7, 11) is 4.19. The second-order valence-electron chi connectivity index (χ2n) is 6.35. The quantitative estimate of drug-likeness (QED) is 0.925. The number of aromatic nitrogens is 2. The summed E-state index contributed by atoms with van der Waals surface area (Å²) in [6.45, 7) is 3.52. The van der Waals surface area contributed by atoms with Crippen LogP contribution in [0.3, 0.4) is 0 Å². The fourth-order valence-electron chi connectivity index (χ4n) is 2.99. The van der Waals surface area contributed by atoms with Crippen molar-refractivity contribution in [2.75, 3.05) is 32.5 Å². The summed E-state index contributed by atoms with van der Waals surface area (Å²) in [5.41, 5.74) is 0.951. The number of anilines is 1.